The largest absolute Gasteiger partial charge is 0.299 e. The maximum Gasteiger partial charge on any atom is 0.194 e. The standard InChI is InChI=1S/C20H23ClN2O.ClH/c21-20(19(24)17-9-5-2-6-10-17)22-18-11-13-23(14-12-18)15-16-7-3-1-4-8-16;/h1-10,18,20,22H,11-15H2;1H. The molecule has 0 aliphatic carbocycles. The maximum absolute atomic E-state index is 12.3. The van der Waals surface area contributed by atoms with Crippen LogP contribution in [-0.2, 0) is 6.54 Å². The van der Waals surface area contributed by atoms with Crippen LogP contribution < -0.4 is 5.32 Å². The van der Waals surface area contributed by atoms with Crippen molar-refractivity contribution in [2.24, 2.45) is 0 Å². The van der Waals surface area contributed by atoms with Gasteiger partial charge in [-0.15, -0.1) is 12.4 Å². The fraction of sp³-hybridized carbons (Fsp3) is 0.350. The maximum atomic E-state index is 12.3. The third-order valence-electron chi connectivity index (χ3n) is 4.51. The fourth-order valence-electron chi connectivity index (χ4n) is 3.13. The minimum absolute atomic E-state index is 0. The van der Waals surface area contributed by atoms with Crippen LogP contribution in [0.1, 0.15) is 28.8 Å². The van der Waals surface area contributed by atoms with E-state index < -0.39 is 5.50 Å². The van der Waals surface area contributed by atoms with Crippen LogP contribution >= 0.6 is 24.0 Å². The number of benzene rings is 2. The van der Waals surface area contributed by atoms with Crippen molar-refractivity contribution in [2.45, 2.75) is 30.9 Å². The zero-order valence-electron chi connectivity index (χ0n) is 14.1. The van der Waals surface area contributed by atoms with Gasteiger partial charge in [0.15, 0.2) is 5.78 Å². The number of nitrogens with zero attached hydrogens (tertiary/aromatic N) is 1. The van der Waals surface area contributed by atoms with Gasteiger partial charge in [0.1, 0.15) is 5.50 Å². The molecule has 1 atom stereocenters. The van der Waals surface area contributed by atoms with Gasteiger partial charge in [-0.05, 0) is 31.5 Å². The van der Waals surface area contributed by atoms with Gasteiger partial charge in [-0.1, -0.05) is 72.3 Å². The van der Waals surface area contributed by atoms with Crippen LogP contribution in [-0.4, -0.2) is 35.3 Å². The van der Waals surface area contributed by atoms with E-state index in [0.29, 0.717) is 11.6 Å². The molecule has 1 heterocycles. The van der Waals surface area contributed by atoms with Gasteiger partial charge >= 0.3 is 0 Å². The van der Waals surface area contributed by atoms with Crippen molar-refractivity contribution in [2.75, 3.05) is 13.1 Å². The Balaban J connectivity index is 0.00000225. The van der Waals surface area contributed by atoms with Crippen molar-refractivity contribution >= 4 is 29.8 Å². The predicted molar refractivity (Wildman–Crippen MR) is 106 cm³/mol. The van der Waals surface area contributed by atoms with Crippen LogP contribution in [0, 0.1) is 0 Å². The number of carbonyl (C=O) groups excluding carboxylic acids is 1. The van der Waals surface area contributed by atoms with E-state index >= 15 is 0 Å². The van der Waals surface area contributed by atoms with Crippen LogP contribution in [0.4, 0.5) is 0 Å². The number of hydrogen-bond acceptors (Lipinski definition) is 3. The molecule has 134 valence electrons. The Bertz CT molecular complexity index is 643. The number of hydrogen-bond donors (Lipinski definition) is 1. The molecule has 3 rings (SSSR count). The smallest absolute Gasteiger partial charge is 0.194 e. The number of nitrogens with one attached hydrogen (secondary N) is 1. The molecular weight excluding hydrogens is 355 g/mol. The first-order chi connectivity index (χ1) is 11.7. The van der Waals surface area contributed by atoms with Gasteiger partial charge < -0.3 is 0 Å². The Morgan fingerprint density at radius 1 is 1.04 bits per heavy atom. The SMILES string of the molecule is Cl.O=C(c1ccccc1)C(Cl)NC1CCN(Cc2ccccc2)CC1. The highest BCUT2D eigenvalue weighted by Crippen LogP contribution is 2.16. The van der Waals surface area contributed by atoms with Crippen LogP contribution in [0.3, 0.4) is 0 Å². The Kier molecular flexibility index (Phi) is 7.91. The minimum atomic E-state index is -0.655. The zero-order valence-corrected chi connectivity index (χ0v) is 15.7. The minimum Gasteiger partial charge on any atom is -0.299 e. The molecule has 0 amide bonds. The first-order valence-electron chi connectivity index (χ1n) is 8.48. The van der Waals surface area contributed by atoms with Crippen molar-refractivity contribution in [1.82, 2.24) is 10.2 Å². The molecular formula is C20H24Cl2N2O. The van der Waals surface area contributed by atoms with Crippen LogP contribution in [0.5, 0.6) is 0 Å². The Labute approximate surface area is 160 Å². The van der Waals surface area contributed by atoms with Crippen molar-refractivity contribution < 1.29 is 4.79 Å². The molecule has 0 aromatic heterocycles. The lowest BCUT2D eigenvalue weighted by Crippen LogP contribution is -2.46. The molecule has 1 unspecified atom stereocenters. The van der Waals surface area contributed by atoms with Gasteiger partial charge in [0.25, 0.3) is 0 Å². The summed E-state index contributed by atoms with van der Waals surface area (Å²) in [5.41, 5.74) is 1.35. The monoisotopic (exact) mass is 378 g/mol. The Hall–Kier alpha value is -1.39. The summed E-state index contributed by atoms with van der Waals surface area (Å²) < 4.78 is 0. The molecule has 0 spiro atoms. The quantitative estimate of drug-likeness (QED) is 0.466. The Morgan fingerprint density at radius 3 is 2.20 bits per heavy atom. The van der Waals surface area contributed by atoms with Crippen LogP contribution in [0.2, 0.25) is 0 Å². The number of rotatable bonds is 6. The molecule has 25 heavy (non-hydrogen) atoms. The molecule has 1 fully saturated rings. The number of ketones is 1. The highest BCUT2D eigenvalue weighted by Gasteiger charge is 2.24. The van der Waals surface area contributed by atoms with Gasteiger partial charge in [-0.25, -0.2) is 0 Å². The van der Waals surface area contributed by atoms with Gasteiger partial charge in [0.05, 0.1) is 0 Å². The summed E-state index contributed by atoms with van der Waals surface area (Å²) in [7, 11) is 0. The summed E-state index contributed by atoms with van der Waals surface area (Å²) in [5, 5.41) is 3.29. The summed E-state index contributed by atoms with van der Waals surface area (Å²) in [5.74, 6) is -0.0519. The predicted octanol–water partition coefficient (Wildman–Crippen LogP) is 4.11. The lowest BCUT2D eigenvalue weighted by molar-refractivity contribution is 0.0961. The third-order valence-corrected chi connectivity index (χ3v) is 4.83. The zero-order chi connectivity index (χ0) is 16.8. The van der Waals surface area contributed by atoms with Gasteiger partial charge in [0.2, 0.25) is 0 Å². The van der Waals surface area contributed by atoms with E-state index in [1.165, 1.54) is 5.56 Å². The third kappa shape index (κ3) is 5.82. The second kappa shape index (κ2) is 9.93. The van der Waals surface area contributed by atoms with E-state index in [9.17, 15) is 4.79 Å². The van der Waals surface area contributed by atoms with Gasteiger partial charge in [-0.2, -0.15) is 0 Å². The molecule has 1 aliphatic rings. The van der Waals surface area contributed by atoms with Crippen molar-refractivity contribution in [1.29, 1.82) is 0 Å². The summed E-state index contributed by atoms with van der Waals surface area (Å²) in [6, 6.07) is 20.1. The van der Waals surface area contributed by atoms with E-state index in [4.69, 9.17) is 11.6 Å². The lowest BCUT2D eigenvalue weighted by atomic mass is 10.0. The summed E-state index contributed by atoms with van der Waals surface area (Å²) in [6.45, 7) is 3.03. The highest BCUT2D eigenvalue weighted by atomic mass is 35.5. The molecule has 3 nitrogen and oxygen atoms in total. The highest BCUT2D eigenvalue weighted by molar-refractivity contribution is 6.33. The summed E-state index contributed by atoms with van der Waals surface area (Å²) >= 11 is 6.29. The lowest BCUT2D eigenvalue weighted by Gasteiger charge is -2.33. The first kappa shape index (κ1) is 19.9. The topological polar surface area (TPSA) is 32.3 Å². The van der Waals surface area contributed by atoms with E-state index in [-0.39, 0.29) is 18.2 Å². The number of halogens is 2. The van der Waals surface area contributed by atoms with Crippen molar-refractivity contribution in [3.8, 4) is 0 Å². The molecule has 1 N–H and O–H groups in total. The van der Waals surface area contributed by atoms with E-state index in [2.05, 4.69) is 34.5 Å². The number of Topliss-reactive ketones (excluding diaryl/α,β-unsaturated/α-hetero) is 1. The molecule has 1 saturated heterocycles. The van der Waals surface area contributed by atoms with Gasteiger partial charge in [0, 0.05) is 18.2 Å². The molecule has 5 heteroatoms. The normalized spacial score (nSPS) is 16.8. The second-order valence-electron chi connectivity index (χ2n) is 6.30. The summed E-state index contributed by atoms with van der Waals surface area (Å²) in [4.78, 5) is 14.8. The number of piperidine rings is 1. The molecule has 2 aromatic rings. The molecule has 2 aromatic carbocycles. The molecule has 0 saturated carbocycles. The van der Waals surface area contributed by atoms with Crippen LogP contribution in [0.25, 0.3) is 0 Å². The first-order valence-corrected chi connectivity index (χ1v) is 8.91. The van der Waals surface area contributed by atoms with Gasteiger partial charge in [-0.3, -0.25) is 15.0 Å². The average Bonchev–Trinajstić information content (AvgIpc) is 2.64. The van der Waals surface area contributed by atoms with E-state index in [1.807, 2.05) is 36.4 Å². The average molecular weight is 379 g/mol. The second-order valence-corrected chi connectivity index (χ2v) is 6.73. The summed E-state index contributed by atoms with van der Waals surface area (Å²) in [6.07, 6.45) is 2.02. The van der Waals surface area contributed by atoms with E-state index in [1.54, 1.807) is 0 Å². The number of alkyl halides is 1. The molecule has 1 aliphatic heterocycles. The molecule has 0 bridgehead atoms. The Morgan fingerprint density at radius 2 is 1.60 bits per heavy atom. The number of carbonyl (C=O) groups is 1. The van der Waals surface area contributed by atoms with Crippen molar-refractivity contribution in [3.63, 3.8) is 0 Å². The van der Waals surface area contributed by atoms with Crippen LogP contribution in [0.15, 0.2) is 60.7 Å². The van der Waals surface area contributed by atoms with E-state index in [0.717, 1.165) is 32.5 Å². The fourth-order valence-corrected chi connectivity index (χ4v) is 3.43. The van der Waals surface area contributed by atoms with Crippen molar-refractivity contribution in [3.05, 3.63) is 71.8 Å². The number of likely N-dealkylation sites (tertiary alicyclic amines) is 1. The molecule has 0 radical (unpaired) electrons.